The van der Waals surface area contributed by atoms with E-state index in [1.807, 2.05) is 0 Å². The average molecular weight is 502 g/mol. The number of hydrogen-bond donors (Lipinski definition) is 0. The first-order chi connectivity index (χ1) is 15.9. The van der Waals surface area contributed by atoms with Crippen LogP contribution in [-0.4, -0.2) is 29.2 Å². The van der Waals surface area contributed by atoms with Crippen LogP contribution in [0.25, 0.3) is 22.3 Å². The summed E-state index contributed by atoms with van der Waals surface area (Å²) in [5.74, 6) is 1.77. The molecule has 0 aliphatic carbocycles. The third-order valence-electron chi connectivity index (χ3n) is 6.09. The van der Waals surface area contributed by atoms with E-state index in [9.17, 15) is 0 Å². The van der Waals surface area contributed by atoms with Crippen molar-refractivity contribution in [1.29, 1.82) is 0 Å². The molecule has 0 spiro atoms. The molecule has 2 nitrogen and oxygen atoms in total. The van der Waals surface area contributed by atoms with Crippen LogP contribution < -0.4 is 18.4 Å². The van der Waals surface area contributed by atoms with Crippen molar-refractivity contribution in [2.45, 2.75) is 27.7 Å². The van der Waals surface area contributed by atoms with Gasteiger partial charge in [0.15, 0.2) is 0 Å². The average Bonchev–Trinajstić information content (AvgIpc) is 2.80. The maximum atomic E-state index is 5.61. The molecule has 0 saturated heterocycles. The Labute approximate surface area is 203 Å². The number of benzene rings is 4. The summed E-state index contributed by atoms with van der Waals surface area (Å²) in [7, 11) is 3.47. The second kappa shape index (κ2) is 9.87. The van der Waals surface area contributed by atoms with E-state index in [4.69, 9.17) is 9.47 Å². The van der Waals surface area contributed by atoms with Crippen LogP contribution in [-0.2, 0) is 0 Å². The van der Waals surface area contributed by atoms with Crippen LogP contribution in [0.2, 0.25) is 0 Å². The minimum absolute atomic E-state index is 0.0899. The van der Waals surface area contributed by atoms with Crippen molar-refractivity contribution in [3.63, 3.8) is 0 Å². The van der Waals surface area contributed by atoms with Crippen LogP contribution in [0.3, 0.4) is 0 Å². The Hall–Kier alpha value is -3.00. The van der Waals surface area contributed by atoms with Crippen molar-refractivity contribution >= 4 is 23.9 Å². The topological polar surface area (TPSA) is 18.5 Å². The molecule has 0 heterocycles. The molecule has 0 atom stereocenters. The summed E-state index contributed by atoms with van der Waals surface area (Å²) >= 11 is 0.0899. The predicted molar refractivity (Wildman–Crippen MR) is 141 cm³/mol. The Morgan fingerprint density at radius 1 is 0.515 bits per heavy atom. The van der Waals surface area contributed by atoms with Gasteiger partial charge in [0.25, 0.3) is 0 Å². The molecular weight excluding hydrogens is 471 g/mol. The fourth-order valence-electron chi connectivity index (χ4n) is 4.44. The Morgan fingerprint density at radius 2 is 0.879 bits per heavy atom. The molecule has 4 rings (SSSR count). The molecule has 3 heteroatoms. The van der Waals surface area contributed by atoms with Gasteiger partial charge in [0.05, 0.1) is 0 Å². The van der Waals surface area contributed by atoms with E-state index >= 15 is 0 Å². The molecule has 0 fully saturated rings. The van der Waals surface area contributed by atoms with Gasteiger partial charge in [-0.3, -0.25) is 0 Å². The van der Waals surface area contributed by atoms with Gasteiger partial charge in [-0.05, 0) is 0 Å². The summed E-state index contributed by atoms with van der Waals surface area (Å²) in [6.07, 6.45) is 0. The summed E-state index contributed by atoms with van der Waals surface area (Å²) in [6, 6.07) is 26.0. The van der Waals surface area contributed by atoms with Crippen molar-refractivity contribution in [2.75, 3.05) is 14.2 Å². The van der Waals surface area contributed by atoms with E-state index in [1.54, 1.807) is 14.2 Å². The molecule has 0 amide bonds. The number of hydrogen-bond acceptors (Lipinski definition) is 2. The molecule has 0 aromatic heterocycles. The van der Waals surface area contributed by atoms with Gasteiger partial charge in [0.1, 0.15) is 0 Å². The molecule has 0 N–H and O–H groups in total. The number of methoxy groups -OCH3 is 2. The van der Waals surface area contributed by atoms with E-state index < -0.39 is 0 Å². The second-order valence-corrected chi connectivity index (χ2v) is 10.6. The van der Waals surface area contributed by atoms with Gasteiger partial charge in [-0.2, -0.15) is 0 Å². The summed E-state index contributed by atoms with van der Waals surface area (Å²) < 4.78 is 13.9. The van der Waals surface area contributed by atoms with Gasteiger partial charge in [-0.1, -0.05) is 0 Å². The van der Waals surface area contributed by atoms with Crippen LogP contribution in [0.4, 0.5) is 0 Å². The van der Waals surface area contributed by atoms with E-state index in [1.165, 1.54) is 53.4 Å². The van der Waals surface area contributed by atoms with Gasteiger partial charge in [-0.15, -0.1) is 0 Å². The van der Waals surface area contributed by atoms with E-state index in [0.717, 1.165) is 11.5 Å². The number of rotatable bonds is 6. The fraction of sp³-hybridized carbons (Fsp3) is 0.200. The molecule has 4 aromatic carbocycles. The van der Waals surface area contributed by atoms with Gasteiger partial charge in [-0.25, -0.2) is 0 Å². The van der Waals surface area contributed by atoms with Gasteiger partial charge in [0.2, 0.25) is 0 Å². The molecule has 33 heavy (non-hydrogen) atoms. The van der Waals surface area contributed by atoms with Crippen LogP contribution in [0.1, 0.15) is 22.3 Å². The van der Waals surface area contributed by atoms with E-state index in [-0.39, 0.29) is 15.0 Å². The zero-order valence-corrected chi connectivity index (χ0v) is 21.9. The first kappa shape index (κ1) is 23.2. The zero-order valence-electron chi connectivity index (χ0n) is 20.2. The van der Waals surface area contributed by atoms with Gasteiger partial charge >= 0.3 is 204 Å². The molecule has 0 unspecified atom stereocenters. The van der Waals surface area contributed by atoms with Crippen molar-refractivity contribution in [3.05, 3.63) is 95.1 Å². The van der Waals surface area contributed by atoms with E-state index in [0.29, 0.717) is 0 Å². The monoisotopic (exact) mass is 502 g/mol. The number of aryl methyl sites for hydroxylation is 4. The Balaban J connectivity index is 1.91. The Kier molecular flexibility index (Phi) is 6.93. The first-order valence-electron chi connectivity index (χ1n) is 11.1. The minimum atomic E-state index is 0.0899. The molecule has 0 bridgehead atoms. The van der Waals surface area contributed by atoms with Crippen molar-refractivity contribution in [3.8, 4) is 33.8 Å². The molecule has 0 aliphatic heterocycles. The van der Waals surface area contributed by atoms with Gasteiger partial charge < -0.3 is 0 Å². The SMILES string of the molecule is COc1ccc([Se]c2ccc(OC)cc2-c2c(C)cccc2C)c(-c2c(C)cccc2C)c1. The van der Waals surface area contributed by atoms with Crippen LogP contribution in [0.15, 0.2) is 72.8 Å². The Bertz CT molecular complexity index is 1170. The molecule has 0 radical (unpaired) electrons. The fourth-order valence-corrected chi connectivity index (χ4v) is 6.64. The molecule has 0 aliphatic rings. The molecular formula is C30H30O2Se. The summed E-state index contributed by atoms with van der Waals surface area (Å²) in [5.41, 5.74) is 10.2. The molecule has 0 saturated carbocycles. The predicted octanol–water partition coefficient (Wildman–Crippen LogP) is 5.93. The van der Waals surface area contributed by atoms with E-state index in [2.05, 4.69) is 100 Å². The number of ether oxygens (including phenoxy) is 2. The van der Waals surface area contributed by atoms with Crippen molar-refractivity contribution in [1.82, 2.24) is 0 Å². The van der Waals surface area contributed by atoms with Crippen LogP contribution in [0, 0.1) is 27.7 Å². The first-order valence-corrected chi connectivity index (χ1v) is 12.8. The third-order valence-corrected chi connectivity index (χ3v) is 8.51. The molecule has 168 valence electrons. The summed E-state index contributed by atoms with van der Waals surface area (Å²) in [4.78, 5) is 0. The van der Waals surface area contributed by atoms with Crippen LogP contribution in [0.5, 0.6) is 11.5 Å². The normalized spacial score (nSPS) is 10.8. The Morgan fingerprint density at radius 3 is 1.21 bits per heavy atom. The second-order valence-electron chi connectivity index (χ2n) is 8.36. The maximum absolute atomic E-state index is 5.61. The van der Waals surface area contributed by atoms with Crippen LogP contribution >= 0.6 is 0 Å². The van der Waals surface area contributed by atoms with Crippen molar-refractivity contribution in [2.24, 2.45) is 0 Å². The summed E-state index contributed by atoms with van der Waals surface area (Å²) in [5, 5.41) is 0. The molecule has 4 aromatic rings. The van der Waals surface area contributed by atoms with Gasteiger partial charge in [0, 0.05) is 0 Å². The third kappa shape index (κ3) is 4.71. The quantitative estimate of drug-likeness (QED) is 0.305. The van der Waals surface area contributed by atoms with Crippen molar-refractivity contribution < 1.29 is 9.47 Å². The summed E-state index contributed by atoms with van der Waals surface area (Å²) in [6.45, 7) is 8.75. The zero-order chi connectivity index (χ0) is 23.5. The standard InChI is InChI=1S/C30H30O2Se/c1-19-9-7-10-20(2)29(19)25-17-23(31-5)13-15-27(25)33-28-16-14-24(32-6)18-26(28)30-21(3)11-8-12-22(30)4/h7-18H,1-6H3.